The molecule has 0 saturated carbocycles. The van der Waals surface area contributed by atoms with E-state index >= 15 is 0 Å². The zero-order chi connectivity index (χ0) is 39.8. The quantitative estimate of drug-likeness (QED) is 0.0233. The highest BCUT2D eigenvalue weighted by Gasteiger charge is 2.27. The van der Waals surface area contributed by atoms with Crippen LogP contribution in [0.4, 0.5) is 0 Å². The van der Waals surface area contributed by atoms with Crippen LogP contribution in [0.2, 0.25) is 0 Å². The van der Waals surface area contributed by atoms with Crippen LogP contribution in [0.3, 0.4) is 0 Å². The number of allylic oxidation sites excluding steroid dienone is 1. The Hall–Kier alpha value is -0.800. The lowest BCUT2D eigenvalue weighted by Crippen LogP contribution is -2.46. The maximum Gasteiger partial charge on any atom is 0.472 e. The van der Waals surface area contributed by atoms with Gasteiger partial charge in [0.15, 0.2) is 0 Å². The standard InChI is InChI=1S/C44H89N2O7P/c1-3-5-7-9-11-13-15-17-18-19-20-21-22-24-26-28-30-32-34-36-43(48)42(40-53-54(50,51)52-38-37-45)46-44(49)39-41(47)35-33-31-29-27-25-23-16-14-12-10-8-6-4-2/h34,36,41-43,47-48H,3-33,35,37-40,45H2,1-2H3,(H,46,49)(H,50,51)/b36-34+. The lowest BCUT2D eigenvalue weighted by Gasteiger charge is -2.24. The number of aliphatic hydroxyl groups is 2. The molecule has 4 atom stereocenters. The minimum Gasteiger partial charge on any atom is -0.393 e. The molecule has 0 heterocycles. The summed E-state index contributed by atoms with van der Waals surface area (Å²) >= 11 is 0. The van der Waals surface area contributed by atoms with Gasteiger partial charge in [-0.15, -0.1) is 0 Å². The summed E-state index contributed by atoms with van der Waals surface area (Å²) in [5, 5.41) is 24.1. The van der Waals surface area contributed by atoms with Crippen LogP contribution in [-0.2, 0) is 18.4 Å². The second-order valence-corrected chi connectivity index (χ2v) is 17.3. The van der Waals surface area contributed by atoms with Gasteiger partial charge in [-0.05, 0) is 19.3 Å². The third-order valence-corrected chi connectivity index (χ3v) is 11.4. The Morgan fingerprint density at radius 1 is 0.630 bits per heavy atom. The summed E-state index contributed by atoms with van der Waals surface area (Å²) < 4.78 is 22.1. The largest absolute Gasteiger partial charge is 0.472 e. The predicted molar refractivity (Wildman–Crippen MR) is 228 cm³/mol. The van der Waals surface area contributed by atoms with E-state index in [0.717, 1.165) is 38.5 Å². The zero-order valence-electron chi connectivity index (χ0n) is 35.3. The summed E-state index contributed by atoms with van der Waals surface area (Å²) in [5.74, 6) is -0.443. The number of nitrogens with one attached hydrogen (secondary N) is 1. The van der Waals surface area contributed by atoms with Gasteiger partial charge in [-0.3, -0.25) is 13.8 Å². The maximum atomic E-state index is 12.8. The minimum absolute atomic E-state index is 0.0516. The number of carbonyl (C=O) groups excluding carboxylic acids is 1. The van der Waals surface area contributed by atoms with E-state index in [1.807, 2.05) is 6.08 Å². The molecule has 54 heavy (non-hydrogen) atoms. The summed E-state index contributed by atoms with van der Waals surface area (Å²) in [7, 11) is -4.39. The molecular formula is C44H89N2O7P. The molecule has 0 fully saturated rings. The van der Waals surface area contributed by atoms with Crippen molar-refractivity contribution in [2.75, 3.05) is 19.8 Å². The molecule has 10 heteroatoms. The molecule has 322 valence electrons. The molecule has 0 aromatic rings. The molecule has 4 unspecified atom stereocenters. The lowest BCUT2D eigenvalue weighted by molar-refractivity contribution is -0.124. The number of amides is 1. The molecule has 0 aromatic heterocycles. The van der Waals surface area contributed by atoms with E-state index < -0.39 is 38.6 Å². The molecule has 0 radical (unpaired) electrons. The van der Waals surface area contributed by atoms with Crippen LogP contribution in [0, 0.1) is 0 Å². The van der Waals surface area contributed by atoms with Crippen LogP contribution in [-0.4, -0.2) is 59.0 Å². The summed E-state index contributed by atoms with van der Waals surface area (Å²) in [6.45, 7) is 3.99. The molecule has 1 amide bonds. The number of carbonyl (C=O) groups is 1. The van der Waals surface area contributed by atoms with Crippen LogP contribution in [0.15, 0.2) is 12.2 Å². The van der Waals surface area contributed by atoms with Crippen LogP contribution in [0.1, 0.15) is 226 Å². The van der Waals surface area contributed by atoms with Crippen molar-refractivity contribution in [2.45, 2.75) is 244 Å². The Labute approximate surface area is 333 Å². The van der Waals surface area contributed by atoms with Crippen molar-refractivity contribution in [3.8, 4) is 0 Å². The lowest BCUT2D eigenvalue weighted by atomic mass is 10.0. The fraction of sp³-hybridized carbons (Fsp3) is 0.932. The van der Waals surface area contributed by atoms with Crippen LogP contribution in [0.25, 0.3) is 0 Å². The topological polar surface area (TPSA) is 151 Å². The Bertz CT molecular complexity index is 878. The number of unbranched alkanes of at least 4 members (excludes halogenated alkanes) is 29. The Balaban J connectivity index is 4.27. The molecule has 0 bridgehead atoms. The molecule has 0 rings (SSSR count). The van der Waals surface area contributed by atoms with Crippen LogP contribution >= 0.6 is 7.82 Å². The molecule has 0 saturated heterocycles. The second kappa shape index (κ2) is 40.4. The normalized spacial score (nSPS) is 14.7. The first-order valence-corrected chi connectivity index (χ1v) is 24.4. The summed E-state index contributed by atoms with van der Waals surface area (Å²) in [4.78, 5) is 22.8. The van der Waals surface area contributed by atoms with Crippen LogP contribution < -0.4 is 11.1 Å². The fourth-order valence-corrected chi connectivity index (χ4v) is 7.70. The highest BCUT2D eigenvalue weighted by molar-refractivity contribution is 7.47. The van der Waals surface area contributed by atoms with Gasteiger partial charge in [-0.25, -0.2) is 4.57 Å². The average molecular weight is 789 g/mol. The first-order valence-electron chi connectivity index (χ1n) is 22.9. The molecular weight excluding hydrogens is 699 g/mol. The van der Waals surface area contributed by atoms with Crippen molar-refractivity contribution < 1.29 is 33.5 Å². The number of rotatable bonds is 43. The predicted octanol–water partition coefficient (Wildman–Crippen LogP) is 11.8. The number of nitrogens with two attached hydrogens (primary N) is 1. The summed E-state index contributed by atoms with van der Waals surface area (Å²) in [5.41, 5.74) is 5.37. The Morgan fingerprint density at radius 2 is 1.02 bits per heavy atom. The summed E-state index contributed by atoms with van der Waals surface area (Å²) in [6.07, 6.45) is 41.5. The van der Waals surface area contributed by atoms with Gasteiger partial charge in [0.25, 0.3) is 0 Å². The van der Waals surface area contributed by atoms with E-state index in [-0.39, 0.29) is 19.6 Å². The van der Waals surface area contributed by atoms with Crippen molar-refractivity contribution in [1.82, 2.24) is 5.32 Å². The maximum absolute atomic E-state index is 12.8. The van der Waals surface area contributed by atoms with Crippen LogP contribution in [0.5, 0.6) is 0 Å². The van der Waals surface area contributed by atoms with Gasteiger partial charge in [-0.2, -0.15) is 0 Å². The van der Waals surface area contributed by atoms with Crippen molar-refractivity contribution in [1.29, 1.82) is 0 Å². The average Bonchev–Trinajstić information content (AvgIpc) is 3.15. The third kappa shape index (κ3) is 38.1. The van der Waals surface area contributed by atoms with E-state index in [1.54, 1.807) is 6.08 Å². The molecule has 0 aliphatic rings. The molecule has 0 spiro atoms. The van der Waals surface area contributed by atoms with Gasteiger partial charge < -0.3 is 26.2 Å². The van der Waals surface area contributed by atoms with Gasteiger partial charge >= 0.3 is 7.82 Å². The monoisotopic (exact) mass is 789 g/mol. The van der Waals surface area contributed by atoms with Gasteiger partial charge in [0.05, 0.1) is 37.9 Å². The second-order valence-electron chi connectivity index (χ2n) is 15.8. The van der Waals surface area contributed by atoms with E-state index in [0.29, 0.717) is 6.42 Å². The van der Waals surface area contributed by atoms with Crippen molar-refractivity contribution in [2.24, 2.45) is 5.73 Å². The van der Waals surface area contributed by atoms with Gasteiger partial charge in [0, 0.05) is 6.54 Å². The van der Waals surface area contributed by atoms with Crippen molar-refractivity contribution >= 4 is 13.7 Å². The molecule has 0 aliphatic carbocycles. The third-order valence-electron chi connectivity index (χ3n) is 10.4. The highest BCUT2D eigenvalue weighted by Crippen LogP contribution is 2.43. The highest BCUT2D eigenvalue weighted by atomic mass is 31.2. The van der Waals surface area contributed by atoms with E-state index in [1.165, 1.54) is 161 Å². The Morgan fingerprint density at radius 3 is 1.43 bits per heavy atom. The first-order chi connectivity index (χ1) is 26.3. The number of phosphoric ester groups is 1. The SMILES string of the molecule is CCCCCCCCCCCCCCCCCCC/C=C/C(O)C(COP(=O)(O)OCCN)NC(=O)CC(O)CCCCCCCCCCCCCCC. The smallest absolute Gasteiger partial charge is 0.393 e. The van der Waals surface area contributed by atoms with Gasteiger partial charge in [0.1, 0.15) is 0 Å². The van der Waals surface area contributed by atoms with E-state index in [2.05, 4.69) is 19.2 Å². The van der Waals surface area contributed by atoms with Crippen molar-refractivity contribution in [3.63, 3.8) is 0 Å². The zero-order valence-corrected chi connectivity index (χ0v) is 36.2. The fourth-order valence-electron chi connectivity index (χ4n) is 6.94. The van der Waals surface area contributed by atoms with E-state index in [4.69, 9.17) is 14.8 Å². The number of hydrogen-bond acceptors (Lipinski definition) is 7. The number of hydrogen-bond donors (Lipinski definition) is 5. The number of aliphatic hydroxyl groups excluding tert-OH is 2. The molecule has 6 N–H and O–H groups in total. The number of phosphoric acid groups is 1. The van der Waals surface area contributed by atoms with Gasteiger partial charge in [0.2, 0.25) is 5.91 Å². The van der Waals surface area contributed by atoms with Crippen molar-refractivity contribution in [3.05, 3.63) is 12.2 Å². The minimum atomic E-state index is -4.39. The van der Waals surface area contributed by atoms with Gasteiger partial charge in [-0.1, -0.05) is 212 Å². The summed E-state index contributed by atoms with van der Waals surface area (Å²) in [6, 6.07) is -0.977. The molecule has 0 aromatic carbocycles. The molecule has 9 nitrogen and oxygen atoms in total. The molecule has 0 aliphatic heterocycles. The van der Waals surface area contributed by atoms with E-state index in [9.17, 15) is 24.5 Å². The first kappa shape index (κ1) is 53.2. The Kier molecular flexibility index (Phi) is 39.8.